The second-order valence-corrected chi connectivity index (χ2v) is 18.5. The molecule has 63 heavy (non-hydrogen) atoms. The molecule has 0 bridgehead atoms. The van der Waals surface area contributed by atoms with Crippen LogP contribution in [-0.4, -0.2) is 0 Å². The molecule has 0 radical (unpaired) electrons. The van der Waals surface area contributed by atoms with Crippen LogP contribution in [0.1, 0.15) is 49.9 Å². The second kappa shape index (κ2) is 14.0. The molecule has 1 heteroatoms. The number of anilines is 3. The lowest BCUT2D eigenvalue weighted by Gasteiger charge is -2.28. The molecule has 12 rings (SSSR count). The summed E-state index contributed by atoms with van der Waals surface area (Å²) >= 11 is 0. The van der Waals surface area contributed by atoms with Gasteiger partial charge in [0, 0.05) is 27.9 Å². The van der Waals surface area contributed by atoms with Crippen LogP contribution in [0, 0.1) is 0 Å². The molecular weight excluding hydrogens is 759 g/mol. The molecule has 10 aromatic rings. The molecule has 0 amide bonds. The Morgan fingerprint density at radius 1 is 0.286 bits per heavy atom. The first-order valence-corrected chi connectivity index (χ1v) is 22.3. The standard InChI is InChI=1S/C62H47N/c1-61(2)57-25-11-9-21-52(57)54-36-31-42(39-59(54)61)40-27-32-45(33-28-40)63(46-34-29-41(30-35-46)56-38-44-15-5-6-18-48(44)50-19-7-8-20-51(50)56)47-17-13-16-43(37-47)49-23-14-24-55-53-22-10-12-26-58(53)62(3,4)60(49)55/h5-39H,1-4H3. The highest BCUT2D eigenvalue weighted by molar-refractivity contribution is 6.13. The average Bonchev–Trinajstić information content (AvgIpc) is 3.71. The third kappa shape index (κ3) is 5.76. The van der Waals surface area contributed by atoms with Crippen molar-refractivity contribution in [2.24, 2.45) is 0 Å². The maximum absolute atomic E-state index is 2.42. The Bertz CT molecular complexity index is 3440. The largest absolute Gasteiger partial charge is 0.310 e. The summed E-state index contributed by atoms with van der Waals surface area (Å²) in [6, 6.07) is 79.0. The Balaban J connectivity index is 0.973. The van der Waals surface area contributed by atoms with E-state index in [-0.39, 0.29) is 10.8 Å². The van der Waals surface area contributed by atoms with Crippen LogP contribution in [0.5, 0.6) is 0 Å². The summed E-state index contributed by atoms with van der Waals surface area (Å²) in [6.45, 7) is 9.46. The number of fused-ring (bicyclic) bond motifs is 9. The van der Waals surface area contributed by atoms with E-state index >= 15 is 0 Å². The normalized spacial score (nSPS) is 14.0. The molecule has 0 saturated heterocycles. The van der Waals surface area contributed by atoms with E-state index in [0.29, 0.717) is 0 Å². The summed E-state index contributed by atoms with van der Waals surface area (Å²) in [5.74, 6) is 0. The maximum Gasteiger partial charge on any atom is 0.0467 e. The molecule has 0 heterocycles. The molecule has 0 saturated carbocycles. The van der Waals surface area contributed by atoms with E-state index in [9.17, 15) is 0 Å². The minimum atomic E-state index is -0.119. The van der Waals surface area contributed by atoms with Crippen molar-refractivity contribution in [3.05, 3.63) is 235 Å². The van der Waals surface area contributed by atoms with Crippen molar-refractivity contribution in [1.82, 2.24) is 0 Å². The highest BCUT2D eigenvalue weighted by atomic mass is 15.1. The summed E-state index contributed by atoms with van der Waals surface area (Å²) in [6.07, 6.45) is 0. The van der Waals surface area contributed by atoms with Crippen LogP contribution in [-0.2, 0) is 10.8 Å². The number of rotatable bonds is 6. The Hall–Kier alpha value is -7.48. The van der Waals surface area contributed by atoms with E-state index in [1.165, 1.54) is 99.4 Å². The maximum atomic E-state index is 2.42. The van der Waals surface area contributed by atoms with Gasteiger partial charge < -0.3 is 4.90 Å². The van der Waals surface area contributed by atoms with Gasteiger partial charge in [0.25, 0.3) is 0 Å². The lowest BCUT2D eigenvalue weighted by molar-refractivity contribution is 0.660. The Labute approximate surface area is 370 Å². The van der Waals surface area contributed by atoms with Gasteiger partial charge in [0.1, 0.15) is 0 Å². The summed E-state index contributed by atoms with van der Waals surface area (Å²) in [5.41, 5.74) is 21.5. The molecule has 0 N–H and O–H groups in total. The molecular formula is C62H47N. The first-order valence-electron chi connectivity index (χ1n) is 22.3. The first-order chi connectivity index (χ1) is 30.8. The second-order valence-electron chi connectivity index (χ2n) is 18.5. The van der Waals surface area contributed by atoms with E-state index in [4.69, 9.17) is 0 Å². The van der Waals surface area contributed by atoms with Crippen LogP contribution in [0.25, 0.3) is 77.2 Å². The molecule has 2 aliphatic rings. The predicted octanol–water partition coefficient (Wildman–Crippen LogP) is 17.1. The monoisotopic (exact) mass is 805 g/mol. The smallest absolute Gasteiger partial charge is 0.0467 e. The van der Waals surface area contributed by atoms with Gasteiger partial charge in [0.05, 0.1) is 0 Å². The van der Waals surface area contributed by atoms with E-state index in [2.05, 4.69) is 245 Å². The van der Waals surface area contributed by atoms with Crippen LogP contribution >= 0.6 is 0 Å². The number of benzene rings is 10. The molecule has 0 atom stereocenters. The van der Waals surface area contributed by atoms with Crippen LogP contribution in [0.2, 0.25) is 0 Å². The van der Waals surface area contributed by atoms with Crippen molar-refractivity contribution in [1.29, 1.82) is 0 Å². The van der Waals surface area contributed by atoms with E-state index in [1.54, 1.807) is 0 Å². The van der Waals surface area contributed by atoms with Gasteiger partial charge in [0.15, 0.2) is 0 Å². The summed E-state index contributed by atoms with van der Waals surface area (Å²) in [7, 11) is 0. The van der Waals surface area contributed by atoms with Crippen molar-refractivity contribution >= 4 is 38.6 Å². The van der Waals surface area contributed by atoms with Crippen LogP contribution < -0.4 is 4.90 Å². The van der Waals surface area contributed by atoms with Crippen LogP contribution in [0.15, 0.2) is 212 Å². The highest BCUT2D eigenvalue weighted by Gasteiger charge is 2.38. The Kier molecular flexibility index (Phi) is 8.30. The number of hydrogen-bond donors (Lipinski definition) is 0. The van der Waals surface area contributed by atoms with E-state index in [1.807, 2.05) is 0 Å². The van der Waals surface area contributed by atoms with Crippen molar-refractivity contribution in [3.8, 4) is 55.6 Å². The predicted molar refractivity (Wildman–Crippen MR) is 268 cm³/mol. The zero-order chi connectivity index (χ0) is 42.5. The number of hydrogen-bond acceptors (Lipinski definition) is 1. The fourth-order valence-electron chi connectivity index (χ4n) is 11.1. The highest BCUT2D eigenvalue weighted by Crippen LogP contribution is 2.53. The van der Waals surface area contributed by atoms with Gasteiger partial charge in [-0.05, 0) is 148 Å². The molecule has 300 valence electrons. The molecule has 2 aliphatic carbocycles. The molecule has 10 aromatic carbocycles. The molecule has 0 spiro atoms. The zero-order valence-corrected chi connectivity index (χ0v) is 36.2. The SMILES string of the molecule is CC1(C)c2ccccc2-c2ccc(-c3ccc(N(c4ccc(-c5cc6ccccc6c6ccccc56)cc4)c4cccc(-c5cccc6c5C(C)(C)c5ccccc5-6)c4)cc3)cc21. The van der Waals surface area contributed by atoms with Crippen molar-refractivity contribution < 1.29 is 0 Å². The fraction of sp³-hybridized carbons (Fsp3) is 0.0968. The van der Waals surface area contributed by atoms with Crippen LogP contribution in [0.4, 0.5) is 17.1 Å². The quantitative estimate of drug-likeness (QED) is 0.151. The van der Waals surface area contributed by atoms with Crippen molar-refractivity contribution in [2.75, 3.05) is 4.90 Å². The molecule has 0 aromatic heterocycles. The number of nitrogens with zero attached hydrogens (tertiary/aromatic N) is 1. The van der Waals surface area contributed by atoms with Gasteiger partial charge in [-0.3, -0.25) is 0 Å². The Morgan fingerprint density at radius 3 is 1.57 bits per heavy atom. The molecule has 0 unspecified atom stereocenters. The zero-order valence-electron chi connectivity index (χ0n) is 36.2. The Morgan fingerprint density at radius 2 is 0.825 bits per heavy atom. The minimum Gasteiger partial charge on any atom is -0.310 e. The first kappa shape index (κ1) is 37.3. The minimum absolute atomic E-state index is 0.0497. The molecule has 0 aliphatic heterocycles. The van der Waals surface area contributed by atoms with Gasteiger partial charge in [-0.15, -0.1) is 0 Å². The topological polar surface area (TPSA) is 3.24 Å². The lowest BCUT2D eigenvalue weighted by Crippen LogP contribution is -2.16. The van der Waals surface area contributed by atoms with Gasteiger partial charge in [-0.1, -0.05) is 191 Å². The fourth-order valence-corrected chi connectivity index (χ4v) is 11.1. The molecule has 1 nitrogen and oxygen atoms in total. The summed E-state index contributed by atoms with van der Waals surface area (Å²) in [4.78, 5) is 2.42. The van der Waals surface area contributed by atoms with E-state index < -0.39 is 0 Å². The van der Waals surface area contributed by atoms with Gasteiger partial charge in [0.2, 0.25) is 0 Å². The van der Waals surface area contributed by atoms with E-state index in [0.717, 1.165) is 17.1 Å². The summed E-state index contributed by atoms with van der Waals surface area (Å²) in [5, 5.41) is 5.09. The van der Waals surface area contributed by atoms with Gasteiger partial charge >= 0.3 is 0 Å². The third-order valence-corrected chi connectivity index (χ3v) is 14.2. The third-order valence-electron chi connectivity index (χ3n) is 14.2. The van der Waals surface area contributed by atoms with Crippen LogP contribution in [0.3, 0.4) is 0 Å². The molecule has 0 fully saturated rings. The van der Waals surface area contributed by atoms with Gasteiger partial charge in [-0.25, -0.2) is 0 Å². The van der Waals surface area contributed by atoms with Gasteiger partial charge in [-0.2, -0.15) is 0 Å². The van der Waals surface area contributed by atoms with Crippen molar-refractivity contribution in [2.45, 2.75) is 38.5 Å². The average molecular weight is 806 g/mol. The summed E-state index contributed by atoms with van der Waals surface area (Å²) < 4.78 is 0. The van der Waals surface area contributed by atoms with Crippen molar-refractivity contribution in [3.63, 3.8) is 0 Å². The lowest BCUT2D eigenvalue weighted by atomic mass is 9.79.